The fourth-order valence-corrected chi connectivity index (χ4v) is 3.30. The minimum absolute atomic E-state index is 0.00542. The van der Waals surface area contributed by atoms with E-state index in [9.17, 15) is 9.59 Å². The minimum atomic E-state index is -0.319. The first-order chi connectivity index (χ1) is 9.15. The first-order valence-electron chi connectivity index (χ1n) is 7.21. The summed E-state index contributed by atoms with van der Waals surface area (Å²) in [6, 6.07) is -0.559. The van der Waals surface area contributed by atoms with Gasteiger partial charge in [0.05, 0.1) is 0 Å². The Bertz CT molecular complexity index is 413. The first-order valence-corrected chi connectivity index (χ1v) is 7.21. The van der Waals surface area contributed by atoms with Crippen LogP contribution in [0.3, 0.4) is 0 Å². The van der Waals surface area contributed by atoms with Gasteiger partial charge in [-0.05, 0) is 25.7 Å². The summed E-state index contributed by atoms with van der Waals surface area (Å²) >= 11 is 0. The van der Waals surface area contributed by atoms with Crippen LogP contribution in [0.5, 0.6) is 0 Å². The van der Waals surface area contributed by atoms with Gasteiger partial charge in [0, 0.05) is 19.0 Å². The summed E-state index contributed by atoms with van der Waals surface area (Å²) in [5.41, 5.74) is 0. The van der Waals surface area contributed by atoms with Gasteiger partial charge < -0.3 is 9.80 Å². The van der Waals surface area contributed by atoms with Crippen molar-refractivity contribution in [1.29, 1.82) is 0 Å². The van der Waals surface area contributed by atoms with E-state index >= 15 is 0 Å². The molecule has 0 radical (unpaired) electrons. The fourth-order valence-electron chi connectivity index (χ4n) is 3.30. The Morgan fingerprint density at radius 3 is 2.68 bits per heavy atom. The number of terminal acetylenes is 1. The molecule has 0 N–H and O–H groups in total. The number of carbonyl (C=O) groups excluding carboxylic acids is 2. The maximum atomic E-state index is 12.7. The second-order valence-corrected chi connectivity index (χ2v) is 5.33. The molecule has 0 spiro atoms. The largest absolute Gasteiger partial charge is 0.329 e. The van der Waals surface area contributed by atoms with Crippen molar-refractivity contribution in [2.75, 3.05) is 6.54 Å². The zero-order valence-electron chi connectivity index (χ0n) is 11.8. The second kappa shape index (κ2) is 5.64. The van der Waals surface area contributed by atoms with Gasteiger partial charge in [0.15, 0.2) is 0 Å². The van der Waals surface area contributed by atoms with Crippen LogP contribution in [0.2, 0.25) is 0 Å². The summed E-state index contributed by atoms with van der Waals surface area (Å²) in [7, 11) is 0. The monoisotopic (exact) mass is 262 g/mol. The van der Waals surface area contributed by atoms with Crippen LogP contribution < -0.4 is 0 Å². The van der Waals surface area contributed by atoms with E-state index in [1.54, 1.807) is 9.80 Å². The molecular weight excluding hydrogens is 240 g/mol. The molecule has 4 nitrogen and oxygen atoms in total. The third kappa shape index (κ3) is 2.22. The van der Waals surface area contributed by atoms with Gasteiger partial charge in [-0.1, -0.05) is 13.8 Å². The summed E-state index contributed by atoms with van der Waals surface area (Å²) in [5, 5.41) is 0. The minimum Gasteiger partial charge on any atom is -0.329 e. The van der Waals surface area contributed by atoms with Crippen LogP contribution in [0.15, 0.2) is 0 Å². The van der Waals surface area contributed by atoms with E-state index in [4.69, 9.17) is 6.42 Å². The molecule has 2 heterocycles. The molecule has 2 saturated heterocycles. The molecule has 3 unspecified atom stereocenters. The molecule has 0 aromatic heterocycles. The maximum absolute atomic E-state index is 12.7. The molecule has 0 aromatic carbocycles. The van der Waals surface area contributed by atoms with Crippen LogP contribution in [-0.4, -0.2) is 46.3 Å². The number of carbonyl (C=O) groups is 2. The van der Waals surface area contributed by atoms with Crippen molar-refractivity contribution < 1.29 is 9.59 Å². The van der Waals surface area contributed by atoms with Crippen molar-refractivity contribution in [2.24, 2.45) is 0 Å². The van der Waals surface area contributed by atoms with E-state index in [-0.39, 0.29) is 29.9 Å². The van der Waals surface area contributed by atoms with Crippen LogP contribution >= 0.6 is 0 Å². The average molecular weight is 262 g/mol. The Labute approximate surface area is 115 Å². The number of hydrogen-bond donors (Lipinski definition) is 0. The first kappa shape index (κ1) is 13.9. The number of amides is 2. The van der Waals surface area contributed by atoms with Gasteiger partial charge in [-0.15, -0.1) is 12.3 Å². The van der Waals surface area contributed by atoms with E-state index in [0.29, 0.717) is 12.8 Å². The predicted molar refractivity (Wildman–Crippen MR) is 73.2 cm³/mol. The number of piperazine rings is 1. The molecule has 4 heteroatoms. The highest BCUT2D eigenvalue weighted by atomic mass is 16.2. The molecule has 3 atom stereocenters. The summed E-state index contributed by atoms with van der Waals surface area (Å²) in [5.74, 6) is 2.85. The van der Waals surface area contributed by atoms with E-state index in [1.165, 1.54) is 0 Å². The van der Waals surface area contributed by atoms with Gasteiger partial charge in [-0.25, -0.2) is 0 Å². The summed E-state index contributed by atoms with van der Waals surface area (Å²) < 4.78 is 0. The van der Waals surface area contributed by atoms with E-state index in [1.807, 2.05) is 13.8 Å². The average Bonchev–Trinajstić information content (AvgIpc) is 2.90. The maximum Gasteiger partial charge on any atom is 0.246 e. The molecule has 0 saturated carbocycles. The van der Waals surface area contributed by atoms with Crippen molar-refractivity contribution in [3.8, 4) is 12.3 Å². The smallest absolute Gasteiger partial charge is 0.246 e. The summed E-state index contributed by atoms with van der Waals surface area (Å²) in [6.45, 7) is 4.71. The highest BCUT2D eigenvalue weighted by Gasteiger charge is 2.48. The molecule has 104 valence electrons. The highest BCUT2D eigenvalue weighted by molar-refractivity contribution is 5.97. The number of nitrogens with zero attached hydrogens (tertiary/aromatic N) is 2. The second-order valence-electron chi connectivity index (χ2n) is 5.33. The molecular formula is C15H22N2O2. The van der Waals surface area contributed by atoms with Crippen LogP contribution in [-0.2, 0) is 9.59 Å². The Hall–Kier alpha value is -1.50. The van der Waals surface area contributed by atoms with E-state index in [2.05, 4.69) is 5.92 Å². The van der Waals surface area contributed by atoms with Crippen molar-refractivity contribution in [3.05, 3.63) is 0 Å². The van der Waals surface area contributed by atoms with Crippen LogP contribution in [0.4, 0.5) is 0 Å². The lowest BCUT2D eigenvalue weighted by Gasteiger charge is -2.45. The van der Waals surface area contributed by atoms with E-state index < -0.39 is 0 Å². The lowest BCUT2D eigenvalue weighted by Crippen LogP contribution is -2.64. The SMILES string of the molecule is C#CCC(CC)N1C(=O)C2CCCN2C(=O)C1CC. The van der Waals surface area contributed by atoms with Crippen molar-refractivity contribution in [3.63, 3.8) is 0 Å². The van der Waals surface area contributed by atoms with Crippen LogP contribution in [0.1, 0.15) is 46.0 Å². The zero-order valence-corrected chi connectivity index (χ0v) is 11.8. The Balaban J connectivity index is 2.31. The quantitative estimate of drug-likeness (QED) is 0.719. The molecule has 2 aliphatic heterocycles. The lowest BCUT2D eigenvalue weighted by atomic mass is 9.98. The van der Waals surface area contributed by atoms with Gasteiger partial charge in [0.25, 0.3) is 0 Å². The van der Waals surface area contributed by atoms with Gasteiger partial charge in [-0.2, -0.15) is 0 Å². The summed E-state index contributed by atoms with van der Waals surface area (Å²) in [6.07, 6.45) is 9.11. The topological polar surface area (TPSA) is 40.6 Å². The molecule has 0 aromatic rings. The van der Waals surface area contributed by atoms with Crippen molar-refractivity contribution >= 4 is 11.8 Å². The fraction of sp³-hybridized carbons (Fsp3) is 0.733. The molecule has 2 aliphatic rings. The van der Waals surface area contributed by atoms with E-state index in [0.717, 1.165) is 25.8 Å². The normalized spacial score (nSPS) is 28.3. The summed E-state index contributed by atoms with van der Waals surface area (Å²) in [4.78, 5) is 28.7. The number of hydrogen-bond acceptors (Lipinski definition) is 2. The van der Waals surface area contributed by atoms with Crippen molar-refractivity contribution in [2.45, 2.75) is 64.1 Å². The van der Waals surface area contributed by atoms with Gasteiger partial charge in [0.2, 0.25) is 11.8 Å². The zero-order chi connectivity index (χ0) is 14.0. The third-order valence-corrected chi connectivity index (χ3v) is 4.30. The van der Waals surface area contributed by atoms with Gasteiger partial charge >= 0.3 is 0 Å². The molecule has 0 aliphatic carbocycles. The molecule has 2 rings (SSSR count). The predicted octanol–water partition coefficient (Wildman–Crippen LogP) is 1.40. The standard InChI is InChI=1S/C15H22N2O2/c1-4-8-11(5-2)17-12(6-3)14(18)16-10-7-9-13(16)15(17)19/h1,11-13H,5-10H2,2-3H3. The third-order valence-electron chi connectivity index (χ3n) is 4.30. The molecule has 2 amide bonds. The van der Waals surface area contributed by atoms with Crippen LogP contribution in [0.25, 0.3) is 0 Å². The Kier molecular flexibility index (Phi) is 4.14. The number of rotatable bonds is 4. The van der Waals surface area contributed by atoms with Gasteiger partial charge in [-0.3, -0.25) is 9.59 Å². The molecule has 0 bridgehead atoms. The van der Waals surface area contributed by atoms with Crippen molar-refractivity contribution in [1.82, 2.24) is 9.80 Å². The highest BCUT2D eigenvalue weighted by Crippen LogP contribution is 2.30. The van der Waals surface area contributed by atoms with Gasteiger partial charge in [0.1, 0.15) is 12.1 Å². The Morgan fingerprint density at radius 2 is 2.11 bits per heavy atom. The molecule has 2 fully saturated rings. The number of fused-ring (bicyclic) bond motifs is 1. The molecule has 19 heavy (non-hydrogen) atoms. The lowest BCUT2D eigenvalue weighted by molar-refractivity contribution is -0.162. The van der Waals surface area contributed by atoms with Crippen LogP contribution in [0, 0.1) is 12.3 Å². The Morgan fingerprint density at radius 1 is 1.37 bits per heavy atom.